The van der Waals surface area contributed by atoms with Gasteiger partial charge in [-0.15, -0.1) is 0 Å². The lowest BCUT2D eigenvalue weighted by Gasteiger charge is -2.31. The number of anilines is 1. The fourth-order valence-corrected chi connectivity index (χ4v) is 2.55. The van der Waals surface area contributed by atoms with E-state index in [1.807, 2.05) is 32.9 Å². The van der Waals surface area contributed by atoms with Crippen LogP contribution in [0.5, 0.6) is 0 Å². The fourth-order valence-electron chi connectivity index (χ4n) is 2.55. The molecule has 0 spiro atoms. The SMILES string of the molecule is CC(C)(C)OC(=O)N1CCCc2cc(C(=O)CCN)ccc21. The van der Waals surface area contributed by atoms with Gasteiger partial charge in [0.15, 0.2) is 5.78 Å². The van der Waals surface area contributed by atoms with E-state index in [2.05, 4.69) is 0 Å². The van der Waals surface area contributed by atoms with Crippen molar-refractivity contribution in [3.05, 3.63) is 29.3 Å². The number of aryl methyl sites for hydroxylation is 1. The molecule has 2 rings (SSSR count). The standard InChI is InChI=1S/C17H24N2O3/c1-17(2,3)22-16(21)19-10-4-5-12-11-13(6-7-14(12)19)15(20)8-9-18/h6-7,11H,4-5,8-10,18H2,1-3H3. The van der Waals surface area contributed by atoms with Crippen LogP contribution in [0.4, 0.5) is 10.5 Å². The van der Waals surface area contributed by atoms with E-state index >= 15 is 0 Å². The second-order valence-electron chi connectivity index (χ2n) is 6.54. The van der Waals surface area contributed by atoms with E-state index < -0.39 is 5.60 Å². The maximum Gasteiger partial charge on any atom is 0.414 e. The van der Waals surface area contributed by atoms with Crippen molar-refractivity contribution in [2.45, 2.75) is 45.6 Å². The Kier molecular flexibility index (Phi) is 4.86. The molecule has 1 amide bonds. The molecule has 2 N–H and O–H groups in total. The predicted molar refractivity (Wildman–Crippen MR) is 86.3 cm³/mol. The van der Waals surface area contributed by atoms with Crippen LogP contribution in [0.2, 0.25) is 0 Å². The number of carbonyl (C=O) groups is 2. The molecule has 0 bridgehead atoms. The molecule has 5 nitrogen and oxygen atoms in total. The van der Waals surface area contributed by atoms with Gasteiger partial charge in [0, 0.05) is 18.5 Å². The second-order valence-corrected chi connectivity index (χ2v) is 6.54. The number of Topliss-reactive ketones (excluding diaryl/α,β-unsaturated/α-hetero) is 1. The maximum absolute atomic E-state index is 12.3. The van der Waals surface area contributed by atoms with Gasteiger partial charge >= 0.3 is 6.09 Å². The van der Waals surface area contributed by atoms with E-state index in [1.165, 1.54) is 0 Å². The van der Waals surface area contributed by atoms with Crippen LogP contribution in [0.3, 0.4) is 0 Å². The Morgan fingerprint density at radius 2 is 2.05 bits per heavy atom. The molecule has 0 aromatic heterocycles. The highest BCUT2D eigenvalue weighted by Gasteiger charge is 2.27. The highest BCUT2D eigenvalue weighted by molar-refractivity contribution is 5.98. The molecule has 5 heteroatoms. The van der Waals surface area contributed by atoms with Gasteiger partial charge in [0.05, 0.1) is 5.69 Å². The smallest absolute Gasteiger partial charge is 0.414 e. The van der Waals surface area contributed by atoms with Crippen LogP contribution in [0.1, 0.15) is 49.5 Å². The first-order valence-electron chi connectivity index (χ1n) is 7.68. The largest absolute Gasteiger partial charge is 0.443 e. The van der Waals surface area contributed by atoms with Crippen molar-refractivity contribution < 1.29 is 14.3 Å². The van der Waals surface area contributed by atoms with Crippen molar-refractivity contribution in [1.82, 2.24) is 0 Å². The fraction of sp³-hybridized carbons (Fsp3) is 0.529. The first-order chi connectivity index (χ1) is 10.3. The Morgan fingerprint density at radius 3 is 2.68 bits per heavy atom. The number of ether oxygens (including phenoxy) is 1. The third-order valence-electron chi connectivity index (χ3n) is 3.51. The minimum atomic E-state index is -0.522. The molecule has 120 valence electrons. The van der Waals surface area contributed by atoms with Gasteiger partial charge in [0.2, 0.25) is 0 Å². The number of rotatable bonds is 3. The summed E-state index contributed by atoms with van der Waals surface area (Å²) >= 11 is 0. The van der Waals surface area contributed by atoms with E-state index in [-0.39, 0.29) is 11.9 Å². The molecule has 0 atom stereocenters. The summed E-state index contributed by atoms with van der Waals surface area (Å²) in [4.78, 5) is 25.9. The monoisotopic (exact) mass is 304 g/mol. The number of hydrogen-bond donors (Lipinski definition) is 1. The maximum atomic E-state index is 12.3. The number of nitrogens with zero attached hydrogens (tertiary/aromatic N) is 1. The minimum absolute atomic E-state index is 0.0414. The van der Waals surface area contributed by atoms with Gasteiger partial charge in [-0.2, -0.15) is 0 Å². The van der Waals surface area contributed by atoms with Gasteiger partial charge in [-0.3, -0.25) is 9.69 Å². The molecule has 1 aliphatic heterocycles. The van der Waals surface area contributed by atoms with E-state index in [4.69, 9.17) is 10.5 Å². The molecule has 1 aromatic carbocycles. The molecule has 1 aromatic rings. The molecule has 0 saturated heterocycles. The molecular formula is C17H24N2O3. The average Bonchev–Trinajstić information content (AvgIpc) is 2.44. The van der Waals surface area contributed by atoms with Crippen molar-refractivity contribution in [1.29, 1.82) is 0 Å². The molecule has 1 heterocycles. The summed E-state index contributed by atoms with van der Waals surface area (Å²) in [6, 6.07) is 5.48. The quantitative estimate of drug-likeness (QED) is 0.871. The van der Waals surface area contributed by atoms with Crippen molar-refractivity contribution in [3.8, 4) is 0 Å². The summed E-state index contributed by atoms with van der Waals surface area (Å²) in [7, 11) is 0. The zero-order valence-corrected chi connectivity index (χ0v) is 13.5. The first-order valence-corrected chi connectivity index (χ1v) is 7.68. The first kappa shape index (κ1) is 16.5. The van der Waals surface area contributed by atoms with Gasteiger partial charge in [-0.25, -0.2) is 4.79 Å². The number of ketones is 1. The summed E-state index contributed by atoms with van der Waals surface area (Å²) in [5, 5.41) is 0. The molecule has 22 heavy (non-hydrogen) atoms. The van der Waals surface area contributed by atoms with E-state index in [0.717, 1.165) is 24.1 Å². The molecule has 0 aliphatic carbocycles. The summed E-state index contributed by atoms with van der Waals surface area (Å²) < 4.78 is 5.45. The van der Waals surface area contributed by atoms with Crippen LogP contribution < -0.4 is 10.6 Å². The van der Waals surface area contributed by atoms with Crippen molar-refractivity contribution >= 4 is 17.6 Å². The summed E-state index contributed by atoms with van der Waals surface area (Å²) in [6.45, 7) is 6.54. The van der Waals surface area contributed by atoms with E-state index in [9.17, 15) is 9.59 Å². The van der Waals surface area contributed by atoms with E-state index in [0.29, 0.717) is 25.1 Å². The Bertz CT molecular complexity index is 576. The summed E-state index contributed by atoms with van der Waals surface area (Å²) in [5.41, 5.74) is 7.43. The Hall–Kier alpha value is -1.88. The highest BCUT2D eigenvalue weighted by atomic mass is 16.6. The molecule has 0 saturated carbocycles. The molecule has 0 unspecified atom stereocenters. The topological polar surface area (TPSA) is 72.6 Å². The van der Waals surface area contributed by atoms with Gasteiger partial charge in [-0.05, 0) is 63.9 Å². The van der Waals surface area contributed by atoms with E-state index in [1.54, 1.807) is 11.0 Å². The van der Waals surface area contributed by atoms with Crippen LogP contribution in [0.15, 0.2) is 18.2 Å². The lowest BCUT2D eigenvalue weighted by Crippen LogP contribution is -2.39. The van der Waals surface area contributed by atoms with Crippen LogP contribution >= 0.6 is 0 Å². The Balaban J connectivity index is 2.24. The Labute approximate surface area is 131 Å². The number of fused-ring (bicyclic) bond motifs is 1. The van der Waals surface area contributed by atoms with Gasteiger partial charge in [0.1, 0.15) is 5.60 Å². The minimum Gasteiger partial charge on any atom is -0.443 e. The van der Waals surface area contributed by atoms with Crippen molar-refractivity contribution in [3.63, 3.8) is 0 Å². The van der Waals surface area contributed by atoms with Gasteiger partial charge in [-0.1, -0.05) is 0 Å². The van der Waals surface area contributed by atoms with Crippen molar-refractivity contribution in [2.75, 3.05) is 18.0 Å². The number of nitrogens with two attached hydrogens (primary N) is 1. The summed E-state index contributed by atoms with van der Waals surface area (Å²) in [6.07, 6.45) is 1.72. The number of carbonyl (C=O) groups excluding carboxylic acids is 2. The molecular weight excluding hydrogens is 280 g/mol. The summed E-state index contributed by atoms with van der Waals surface area (Å²) in [5.74, 6) is 0.0414. The third kappa shape index (κ3) is 3.85. The van der Waals surface area contributed by atoms with Crippen LogP contribution in [-0.4, -0.2) is 30.6 Å². The van der Waals surface area contributed by atoms with Gasteiger partial charge < -0.3 is 10.5 Å². The lowest BCUT2D eigenvalue weighted by molar-refractivity contribution is 0.0577. The second kappa shape index (κ2) is 6.48. The lowest BCUT2D eigenvalue weighted by atomic mass is 9.97. The number of benzene rings is 1. The average molecular weight is 304 g/mol. The Morgan fingerprint density at radius 1 is 1.32 bits per heavy atom. The molecule has 0 radical (unpaired) electrons. The molecule has 1 aliphatic rings. The number of hydrogen-bond acceptors (Lipinski definition) is 4. The van der Waals surface area contributed by atoms with Crippen LogP contribution in [-0.2, 0) is 11.2 Å². The van der Waals surface area contributed by atoms with Crippen molar-refractivity contribution in [2.24, 2.45) is 5.73 Å². The van der Waals surface area contributed by atoms with Crippen LogP contribution in [0.25, 0.3) is 0 Å². The zero-order chi connectivity index (χ0) is 16.3. The van der Waals surface area contributed by atoms with Crippen LogP contribution in [0, 0.1) is 0 Å². The zero-order valence-electron chi connectivity index (χ0n) is 13.5. The molecule has 0 fully saturated rings. The third-order valence-corrected chi connectivity index (χ3v) is 3.51. The van der Waals surface area contributed by atoms with Gasteiger partial charge in [0.25, 0.3) is 0 Å². The predicted octanol–water partition coefficient (Wildman–Crippen LogP) is 2.91. The normalized spacial score (nSPS) is 14.5. The highest BCUT2D eigenvalue weighted by Crippen LogP contribution is 2.29. The number of amides is 1.